The molecule has 2 nitrogen and oxygen atoms in total. The minimum absolute atomic E-state index is 0.527. The lowest BCUT2D eigenvalue weighted by atomic mass is 10.3. The van der Waals surface area contributed by atoms with Crippen molar-refractivity contribution >= 4 is 17.2 Å². The number of thiocarbonyl (C=S) groups is 1. The van der Waals surface area contributed by atoms with E-state index in [9.17, 15) is 0 Å². The second-order valence-corrected chi connectivity index (χ2v) is 2.85. The van der Waals surface area contributed by atoms with Crippen LogP contribution < -0.4 is 11.1 Å². The molecule has 3 heteroatoms. The second-order valence-electron chi connectivity index (χ2n) is 2.33. The fourth-order valence-corrected chi connectivity index (χ4v) is 0.586. The highest BCUT2D eigenvalue weighted by molar-refractivity contribution is 7.80. The first-order valence-electron chi connectivity index (χ1n) is 3.14. The highest BCUT2D eigenvalue weighted by atomic mass is 32.1. The molecule has 0 saturated heterocycles. The van der Waals surface area contributed by atoms with E-state index in [2.05, 4.69) is 31.4 Å². The molecule has 0 atom stereocenters. The smallest absolute Gasteiger partial charge is 0.0740 e. The number of hydrogen-bond donors (Lipinski definition) is 2. The second kappa shape index (κ2) is 4.70. The Labute approximate surface area is 61.8 Å². The summed E-state index contributed by atoms with van der Waals surface area (Å²) in [4.78, 5) is 0.586. The van der Waals surface area contributed by atoms with Gasteiger partial charge in [-0.05, 0) is 0 Å². The summed E-state index contributed by atoms with van der Waals surface area (Å²) in [5, 5.41) is 3.21. The molecule has 0 rings (SSSR count). The Kier molecular flexibility index (Phi) is 4.62. The predicted octanol–water partition coefficient (Wildman–Crippen LogP) is 0.661. The van der Waals surface area contributed by atoms with Crippen LogP contribution in [0.5, 0.6) is 0 Å². The average molecular weight is 146 g/mol. The summed E-state index contributed by atoms with van der Waals surface area (Å²) in [5.74, 6) is 0. The van der Waals surface area contributed by atoms with Crippen LogP contribution in [0.25, 0.3) is 0 Å². The molecule has 0 aliphatic rings. The average Bonchev–Trinajstić information content (AvgIpc) is 1.63. The maximum atomic E-state index is 5.27. The standard InChI is InChI=1S/C6H14N2S/c1-5(2)8-4-3-6(7)9/h5,8H,3-4H2,1-2H3,(H2,7,9). The minimum Gasteiger partial charge on any atom is -0.393 e. The van der Waals surface area contributed by atoms with Gasteiger partial charge in [0.25, 0.3) is 0 Å². The molecule has 0 radical (unpaired) electrons. The maximum Gasteiger partial charge on any atom is 0.0740 e. The van der Waals surface area contributed by atoms with Gasteiger partial charge in [-0.3, -0.25) is 0 Å². The zero-order chi connectivity index (χ0) is 7.28. The fourth-order valence-electron chi connectivity index (χ4n) is 0.484. The normalized spacial score (nSPS) is 10.1. The zero-order valence-electron chi connectivity index (χ0n) is 5.98. The van der Waals surface area contributed by atoms with Gasteiger partial charge in [-0.15, -0.1) is 0 Å². The Morgan fingerprint density at radius 1 is 1.67 bits per heavy atom. The quantitative estimate of drug-likeness (QED) is 0.572. The Bertz CT molecular complexity index is 91.1. The molecule has 0 unspecified atom stereocenters. The van der Waals surface area contributed by atoms with Gasteiger partial charge in [-0.25, -0.2) is 0 Å². The van der Waals surface area contributed by atoms with Crippen molar-refractivity contribution in [2.45, 2.75) is 26.3 Å². The van der Waals surface area contributed by atoms with Crippen molar-refractivity contribution in [2.75, 3.05) is 6.54 Å². The Balaban J connectivity index is 3.01. The van der Waals surface area contributed by atoms with Crippen LogP contribution in [0.2, 0.25) is 0 Å². The maximum absolute atomic E-state index is 5.27. The molecule has 0 heterocycles. The van der Waals surface area contributed by atoms with Gasteiger partial charge in [0, 0.05) is 19.0 Å². The molecular formula is C6H14N2S. The number of rotatable bonds is 4. The Morgan fingerprint density at radius 3 is 2.56 bits per heavy atom. The van der Waals surface area contributed by atoms with Crippen molar-refractivity contribution in [2.24, 2.45) is 5.73 Å². The summed E-state index contributed by atoms with van der Waals surface area (Å²) in [6, 6.07) is 0.527. The van der Waals surface area contributed by atoms with Gasteiger partial charge in [0.15, 0.2) is 0 Å². The number of nitrogens with two attached hydrogens (primary N) is 1. The monoisotopic (exact) mass is 146 g/mol. The molecule has 0 saturated carbocycles. The number of hydrogen-bond acceptors (Lipinski definition) is 2. The molecule has 0 aromatic carbocycles. The minimum atomic E-state index is 0.527. The Morgan fingerprint density at radius 2 is 2.22 bits per heavy atom. The highest BCUT2D eigenvalue weighted by Gasteiger charge is 1.91. The summed E-state index contributed by atoms with van der Waals surface area (Å²) < 4.78 is 0. The van der Waals surface area contributed by atoms with E-state index in [4.69, 9.17) is 5.73 Å². The molecule has 0 aromatic rings. The van der Waals surface area contributed by atoms with Gasteiger partial charge in [0.1, 0.15) is 0 Å². The zero-order valence-corrected chi connectivity index (χ0v) is 6.79. The molecular weight excluding hydrogens is 132 g/mol. The summed E-state index contributed by atoms with van der Waals surface area (Å²) in [6.07, 6.45) is 0.799. The first-order valence-corrected chi connectivity index (χ1v) is 3.55. The molecule has 54 valence electrons. The van der Waals surface area contributed by atoms with Crippen LogP contribution in [0.15, 0.2) is 0 Å². The van der Waals surface area contributed by atoms with E-state index in [1.807, 2.05) is 0 Å². The molecule has 3 N–H and O–H groups in total. The molecule has 0 aromatic heterocycles. The third-order valence-electron chi connectivity index (χ3n) is 0.924. The van der Waals surface area contributed by atoms with Crippen molar-refractivity contribution in [1.29, 1.82) is 0 Å². The highest BCUT2D eigenvalue weighted by Crippen LogP contribution is 1.79. The van der Waals surface area contributed by atoms with Gasteiger partial charge in [-0.1, -0.05) is 26.1 Å². The molecule has 0 amide bonds. The van der Waals surface area contributed by atoms with Crippen molar-refractivity contribution < 1.29 is 0 Å². The summed E-state index contributed by atoms with van der Waals surface area (Å²) >= 11 is 4.69. The van der Waals surface area contributed by atoms with E-state index < -0.39 is 0 Å². The molecule has 0 bridgehead atoms. The Hall–Kier alpha value is -0.150. The fraction of sp³-hybridized carbons (Fsp3) is 0.833. The van der Waals surface area contributed by atoms with Crippen LogP contribution >= 0.6 is 12.2 Å². The lowest BCUT2D eigenvalue weighted by Crippen LogP contribution is -2.26. The van der Waals surface area contributed by atoms with Gasteiger partial charge < -0.3 is 11.1 Å². The molecule has 0 aliphatic carbocycles. The van der Waals surface area contributed by atoms with E-state index in [1.54, 1.807) is 0 Å². The summed E-state index contributed by atoms with van der Waals surface area (Å²) in [6.45, 7) is 5.09. The van der Waals surface area contributed by atoms with Crippen molar-refractivity contribution in [1.82, 2.24) is 5.32 Å². The van der Waals surface area contributed by atoms with E-state index in [1.165, 1.54) is 0 Å². The predicted molar refractivity (Wildman–Crippen MR) is 44.5 cm³/mol. The summed E-state index contributed by atoms with van der Waals surface area (Å²) in [7, 11) is 0. The van der Waals surface area contributed by atoms with Crippen LogP contribution in [-0.2, 0) is 0 Å². The third-order valence-corrected chi connectivity index (χ3v) is 1.13. The largest absolute Gasteiger partial charge is 0.393 e. The van der Waals surface area contributed by atoms with Gasteiger partial charge in [0.05, 0.1) is 4.99 Å². The first kappa shape index (κ1) is 8.85. The van der Waals surface area contributed by atoms with Crippen molar-refractivity contribution in [3.05, 3.63) is 0 Å². The molecule has 9 heavy (non-hydrogen) atoms. The van der Waals surface area contributed by atoms with E-state index in [0.29, 0.717) is 11.0 Å². The van der Waals surface area contributed by atoms with Crippen LogP contribution in [0, 0.1) is 0 Å². The molecule has 0 fully saturated rings. The van der Waals surface area contributed by atoms with Crippen LogP contribution in [0.1, 0.15) is 20.3 Å². The van der Waals surface area contributed by atoms with Crippen LogP contribution in [0.3, 0.4) is 0 Å². The lowest BCUT2D eigenvalue weighted by Gasteiger charge is -2.05. The van der Waals surface area contributed by atoms with Crippen LogP contribution in [0.4, 0.5) is 0 Å². The van der Waals surface area contributed by atoms with Crippen LogP contribution in [-0.4, -0.2) is 17.6 Å². The lowest BCUT2D eigenvalue weighted by molar-refractivity contribution is 0.601. The first-order chi connectivity index (χ1) is 4.13. The van der Waals surface area contributed by atoms with Gasteiger partial charge in [-0.2, -0.15) is 0 Å². The number of nitrogens with one attached hydrogen (secondary N) is 1. The van der Waals surface area contributed by atoms with Crippen molar-refractivity contribution in [3.8, 4) is 0 Å². The molecule has 0 spiro atoms. The van der Waals surface area contributed by atoms with Gasteiger partial charge >= 0.3 is 0 Å². The SMILES string of the molecule is CC(C)NCCC(N)=S. The topological polar surface area (TPSA) is 38.0 Å². The molecule has 0 aliphatic heterocycles. The van der Waals surface area contributed by atoms with Gasteiger partial charge in [0.2, 0.25) is 0 Å². The van der Waals surface area contributed by atoms with E-state index >= 15 is 0 Å². The van der Waals surface area contributed by atoms with E-state index in [0.717, 1.165) is 13.0 Å². The van der Waals surface area contributed by atoms with Crippen molar-refractivity contribution in [3.63, 3.8) is 0 Å². The third kappa shape index (κ3) is 7.85. The summed E-state index contributed by atoms with van der Waals surface area (Å²) in [5.41, 5.74) is 5.27. The van der Waals surface area contributed by atoms with E-state index in [-0.39, 0.29) is 0 Å².